The van der Waals surface area contributed by atoms with Crippen molar-refractivity contribution in [3.05, 3.63) is 28.8 Å². The number of carbonyl (C=O) groups is 1. The highest BCUT2D eigenvalue weighted by molar-refractivity contribution is 7.80. The fraction of sp³-hybridized carbons (Fsp3) is 0.632. The molecule has 1 unspecified atom stereocenters. The molecule has 1 heterocycles. The van der Waals surface area contributed by atoms with E-state index in [0.29, 0.717) is 24.3 Å². The van der Waals surface area contributed by atoms with Gasteiger partial charge in [-0.2, -0.15) is 0 Å². The molecule has 0 radical (unpaired) electrons. The Balaban J connectivity index is 1.91. The minimum atomic E-state index is -2.42. The Morgan fingerprint density at radius 3 is 2.37 bits per heavy atom. The van der Waals surface area contributed by atoms with Crippen LogP contribution in [0.5, 0.6) is 0 Å². The molecule has 0 aliphatic carbocycles. The lowest BCUT2D eigenvalue weighted by Gasteiger charge is -2.36. The van der Waals surface area contributed by atoms with Gasteiger partial charge in [-0.25, -0.2) is 0 Å². The summed E-state index contributed by atoms with van der Waals surface area (Å²) >= 11 is 3.78. The summed E-state index contributed by atoms with van der Waals surface area (Å²) in [5.74, 6) is 0.636. The van der Waals surface area contributed by atoms with Crippen molar-refractivity contribution < 1.29 is 13.6 Å². The molecule has 1 aromatic carbocycles. The Kier molecular flexibility index (Phi) is 9.02. The zero-order valence-corrected chi connectivity index (χ0v) is 17.7. The van der Waals surface area contributed by atoms with E-state index in [-0.39, 0.29) is 10.9 Å². The maximum atomic E-state index is 12.8. The summed E-state index contributed by atoms with van der Waals surface area (Å²) in [7, 11) is 0. The zero-order valence-electron chi connectivity index (χ0n) is 16.1. The van der Waals surface area contributed by atoms with E-state index in [9.17, 15) is 13.6 Å². The van der Waals surface area contributed by atoms with E-state index < -0.39 is 11.3 Å². The van der Waals surface area contributed by atoms with Gasteiger partial charge in [0.2, 0.25) is 0 Å². The van der Waals surface area contributed by atoms with Gasteiger partial charge in [0.25, 0.3) is 5.91 Å². The van der Waals surface area contributed by atoms with Crippen LogP contribution < -0.4 is 4.72 Å². The first-order valence-electron chi connectivity index (χ1n) is 9.61. The summed E-state index contributed by atoms with van der Waals surface area (Å²) in [4.78, 5) is 17.0. The van der Waals surface area contributed by atoms with Crippen molar-refractivity contribution in [2.75, 3.05) is 37.4 Å². The van der Waals surface area contributed by atoms with E-state index in [1.807, 2.05) is 4.90 Å². The number of nitrogens with one attached hydrogen (secondary N) is 1. The molecule has 1 fully saturated rings. The van der Waals surface area contributed by atoms with Crippen LogP contribution in [0.25, 0.3) is 0 Å². The van der Waals surface area contributed by atoms with Gasteiger partial charge in [0, 0.05) is 49.7 Å². The van der Waals surface area contributed by atoms with E-state index in [2.05, 4.69) is 23.5 Å². The molecule has 1 aliphatic rings. The van der Waals surface area contributed by atoms with E-state index in [0.717, 1.165) is 25.6 Å². The molecule has 1 atom stereocenters. The number of halogens is 1. The number of hydrogen-bond acceptors (Lipinski definition) is 4. The topological polar surface area (TPSA) is 75.7 Å². The largest absolute Gasteiger partial charge is 0.755 e. The molecule has 1 aromatic rings. The van der Waals surface area contributed by atoms with Gasteiger partial charge in [0.05, 0.1) is 10.6 Å². The van der Waals surface area contributed by atoms with Gasteiger partial charge in [-0.1, -0.05) is 38.3 Å². The molecule has 8 heteroatoms. The smallest absolute Gasteiger partial charge is 0.255 e. The number of hydrogen-bond donors (Lipinski definition) is 1. The molecule has 6 nitrogen and oxygen atoms in total. The zero-order chi connectivity index (χ0) is 19.8. The van der Waals surface area contributed by atoms with E-state index in [1.165, 1.54) is 31.7 Å². The van der Waals surface area contributed by atoms with Crippen LogP contribution in [0.2, 0.25) is 5.02 Å². The summed E-state index contributed by atoms with van der Waals surface area (Å²) < 4.78 is 23.6. The molecule has 1 amide bonds. The monoisotopic (exact) mass is 414 g/mol. The van der Waals surface area contributed by atoms with Crippen molar-refractivity contribution in [1.29, 1.82) is 0 Å². The number of amides is 1. The summed E-state index contributed by atoms with van der Waals surface area (Å²) in [6, 6.07) is 4.58. The van der Waals surface area contributed by atoms with Crippen LogP contribution in [0.15, 0.2) is 18.2 Å². The van der Waals surface area contributed by atoms with Gasteiger partial charge < -0.3 is 14.2 Å². The molecule has 0 spiro atoms. The van der Waals surface area contributed by atoms with E-state index in [4.69, 9.17) is 11.6 Å². The van der Waals surface area contributed by atoms with Gasteiger partial charge in [-0.05, 0) is 37.0 Å². The fourth-order valence-electron chi connectivity index (χ4n) is 3.66. The number of piperazine rings is 1. The predicted octanol–water partition coefficient (Wildman–Crippen LogP) is 3.52. The molecule has 1 saturated heterocycles. The third kappa shape index (κ3) is 6.75. The highest BCUT2D eigenvalue weighted by Gasteiger charge is 2.24. The van der Waals surface area contributed by atoms with Crippen molar-refractivity contribution in [3.8, 4) is 0 Å². The number of benzene rings is 1. The summed E-state index contributed by atoms with van der Waals surface area (Å²) in [5, 5.41) is 0.254. The number of rotatable bonds is 9. The summed E-state index contributed by atoms with van der Waals surface area (Å²) in [6.45, 7) is 8.70. The maximum absolute atomic E-state index is 12.8. The van der Waals surface area contributed by atoms with Gasteiger partial charge in [0.1, 0.15) is 0 Å². The molecule has 1 aliphatic heterocycles. The van der Waals surface area contributed by atoms with E-state index >= 15 is 0 Å². The Morgan fingerprint density at radius 2 is 1.85 bits per heavy atom. The van der Waals surface area contributed by atoms with Gasteiger partial charge in [-0.15, -0.1) is 0 Å². The lowest BCUT2D eigenvalue weighted by molar-refractivity contribution is 0.0612. The Hall–Kier alpha value is -1.15. The highest BCUT2D eigenvalue weighted by Crippen LogP contribution is 2.23. The summed E-state index contributed by atoms with van der Waals surface area (Å²) in [5.41, 5.74) is 0.745. The number of anilines is 1. The Bertz CT molecular complexity index is 645. The average Bonchev–Trinajstić information content (AvgIpc) is 2.62. The fourth-order valence-corrected chi connectivity index (χ4v) is 4.24. The van der Waals surface area contributed by atoms with Crippen molar-refractivity contribution in [1.82, 2.24) is 9.80 Å². The first-order chi connectivity index (χ1) is 12.9. The minimum absolute atomic E-state index is 0.104. The quantitative estimate of drug-likeness (QED) is 0.627. The van der Waals surface area contributed by atoms with Gasteiger partial charge in [0.15, 0.2) is 0 Å². The van der Waals surface area contributed by atoms with Crippen LogP contribution in [0.4, 0.5) is 5.69 Å². The highest BCUT2D eigenvalue weighted by atomic mass is 35.5. The lowest BCUT2D eigenvalue weighted by atomic mass is 9.97. The normalized spacial score (nSPS) is 16.6. The van der Waals surface area contributed by atoms with Crippen LogP contribution >= 0.6 is 11.6 Å². The molecule has 2 rings (SSSR count). The Labute approximate surface area is 169 Å². The third-order valence-corrected chi connectivity index (χ3v) is 5.69. The van der Waals surface area contributed by atoms with Crippen LogP contribution in [-0.4, -0.2) is 57.2 Å². The second-order valence-electron chi connectivity index (χ2n) is 7.07. The maximum Gasteiger partial charge on any atom is 0.255 e. The first-order valence-corrected chi connectivity index (χ1v) is 11.1. The second kappa shape index (κ2) is 11.0. The second-order valence-corrected chi connectivity index (χ2v) is 8.15. The lowest BCUT2D eigenvalue weighted by Crippen LogP contribution is -2.49. The molecule has 0 bridgehead atoms. The minimum Gasteiger partial charge on any atom is -0.755 e. The van der Waals surface area contributed by atoms with Gasteiger partial charge in [-0.3, -0.25) is 13.9 Å². The standard InChI is InChI=1S/C19H30ClN3O3S/c1-3-5-15(6-4-2)14-22-9-11-23(12-10-22)19(24)17-8-7-16(13-18(17)20)21-27(25)26/h7-8,13,15,21H,3-6,9-12,14H2,1-2H3,(H,25,26)/p-1. The average molecular weight is 415 g/mol. The molecule has 0 aromatic heterocycles. The molecular weight excluding hydrogens is 386 g/mol. The SMILES string of the molecule is CCCC(CCC)CN1CCN(C(=O)c2ccc(NS(=O)[O-])cc2Cl)CC1. The molecule has 152 valence electrons. The van der Waals surface area contributed by atoms with Crippen LogP contribution in [0.1, 0.15) is 49.9 Å². The number of carbonyl (C=O) groups excluding carboxylic acids is 1. The predicted molar refractivity (Wildman–Crippen MR) is 110 cm³/mol. The van der Waals surface area contributed by atoms with Crippen LogP contribution in [0, 0.1) is 5.92 Å². The van der Waals surface area contributed by atoms with Crippen molar-refractivity contribution >= 4 is 34.5 Å². The van der Waals surface area contributed by atoms with Crippen molar-refractivity contribution in [2.24, 2.45) is 5.92 Å². The summed E-state index contributed by atoms with van der Waals surface area (Å²) in [6.07, 6.45) is 4.95. The molecule has 1 N–H and O–H groups in total. The van der Waals surface area contributed by atoms with Crippen molar-refractivity contribution in [3.63, 3.8) is 0 Å². The molecule has 0 saturated carbocycles. The van der Waals surface area contributed by atoms with Crippen LogP contribution in [-0.2, 0) is 11.3 Å². The Morgan fingerprint density at radius 1 is 1.22 bits per heavy atom. The van der Waals surface area contributed by atoms with Crippen molar-refractivity contribution in [2.45, 2.75) is 39.5 Å². The first kappa shape index (κ1) is 22.1. The molecule has 27 heavy (non-hydrogen) atoms. The van der Waals surface area contributed by atoms with Crippen LogP contribution in [0.3, 0.4) is 0 Å². The molecular formula is C19H29ClN3O3S-. The number of nitrogens with zero attached hydrogens (tertiary/aromatic N) is 2. The third-order valence-electron chi connectivity index (χ3n) is 4.97. The van der Waals surface area contributed by atoms with Gasteiger partial charge >= 0.3 is 0 Å². The van der Waals surface area contributed by atoms with E-state index in [1.54, 1.807) is 12.1 Å².